The van der Waals surface area contributed by atoms with Crippen LogP contribution >= 0.6 is 0 Å². The summed E-state index contributed by atoms with van der Waals surface area (Å²) < 4.78 is 0. The van der Waals surface area contributed by atoms with Crippen molar-refractivity contribution in [2.45, 2.75) is 12.0 Å². The largest absolute Gasteiger partial charge is 0.388 e. The number of carbonyl (C=O) groups is 1. The molecule has 0 fully saturated rings. The van der Waals surface area contributed by atoms with Crippen LogP contribution in [0, 0.1) is 11.3 Å². The maximum absolute atomic E-state index is 11.4. The van der Waals surface area contributed by atoms with Crippen LogP contribution in [0.25, 0.3) is 0 Å². The van der Waals surface area contributed by atoms with E-state index < -0.39 is 12.0 Å². The van der Waals surface area contributed by atoms with Gasteiger partial charge in [-0.25, -0.2) is 0 Å². The molecule has 0 amide bonds. The van der Waals surface area contributed by atoms with Gasteiger partial charge in [-0.3, -0.25) is 4.79 Å². The summed E-state index contributed by atoms with van der Waals surface area (Å²) in [6.07, 6.45) is 2.14. The van der Waals surface area contributed by atoms with Crippen molar-refractivity contribution in [3.8, 4) is 6.07 Å². The molecule has 3 nitrogen and oxygen atoms in total. The zero-order valence-corrected chi connectivity index (χ0v) is 7.92. The third-order valence-electron chi connectivity index (χ3n) is 2.50. The monoisotopic (exact) mass is 199 g/mol. The summed E-state index contributed by atoms with van der Waals surface area (Å²) in [5.74, 6) is -0.593. The normalized spacial score (nSPS) is 24.1. The van der Waals surface area contributed by atoms with Crippen LogP contribution in [-0.4, -0.2) is 17.0 Å². The highest BCUT2D eigenvalue weighted by Gasteiger charge is 2.29. The van der Waals surface area contributed by atoms with Crippen molar-refractivity contribution in [1.29, 1.82) is 5.26 Å². The number of aliphatic hydroxyl groups excluding tert-OH is 1. The molecule has 0 radical (unpaired) electrons. The standard InChI is InChI=1S/C12H9NO2/c13-7-8-1-3-9(4-2-8)12-10(14)5-6-11(12)15/h1-6,10,12,14H/t10-,12+/m1/s1. The molecule has 0 spiro atoms. The lowest BCUT2D eigenvalue weighted by Gasteiger charge is -2.12. The predicted octanol–water partition coefficient (Wildman–Crippen LogP) is 1.14. The number of ketones is 1. The van der Waals surface area contributed by atoms with Crippen molar-refractivity contribution in [2.24, 2.45) is 0 Å². The van der Waals surface area contributed by atoms with Gasteiger partial charge in [0.15, 0.2) is 5.78 Å². The highest BCUT2D eigenvalue weighted by atomic mass is 16.3. The quantitative estimate of drug-likeness (QED) is 0.737. The predicted molar refractivity (Wildman–Crippen MR) is 54.1 cm³/mol. The topological polar surface area (TPSA) is 61.1 Å². The van der Waals surface area contributed by atoms with Gasteiger partial charge in [0.2, 0.25) is 0 Å². The molecule has 0 bridgehead atoms. The Bertz CT molecular complexity index is 454. The van der Waals surface area contributed by atoms with E-state index in [2.05, 4.69) is 0 Å². The first-order chi connectivity index (χ1) is 7.22. The Hall–Kier alpha value is -1.92. The molecule has 1 aliphatic rings. The van der Waals surface area contributed by atoms with Crippen molar-refractivity contribution in [3.05, 3.63) is 47.5 Å². The van der Waals surface area contributed by atoms with Crippen LogP contribution < -0.4 is 0 Å². The Balaban J connectivity index is 2.31. The van der Waals surface area contributed by atoms with Crippen LogP contribution in [0.5, 0.6) is 0 Å². The minimum atomic E-state index is -0.745. The molecule has 1 N–H and O–H groups in total. The first kappa shape index (κ1) is 9.63. The first-order valence-corrected chi connectivity index (χ1v) is 4.62. The van der Waals surface area contributed by atoms with E-state index in [9.17, 15) is 9.90 Å². The number of nitrogens with zero attached hydrogens (tertiary/aromatic N) is 1. The highest BCUT2D eigenvalue weighted by molar-refractivity contribution is 5.98. The summed E-state index contributed by atoms with van der Waals surface area (Å²) in [4.78, 5) is 11.4. The molecule has 0 saturated carbocycles. The molecule has 1 aromatic rings. The zero-order valence-electron chi connectivity index (χ0n) is 7.92. The average molecular weight is 199 g/mol. The van der Waals surface area contributed by atoms with Crippen LogP contribution in [-0.2, 0) is 4.79 Å². The van der Waals surface area contributed by atoms with E-state index >= 15 is 0 Å². The lowest BCUT2D eigenvalue weighted by molar-refractivity contribution is -0.116. The van der Waals surface area contributed by atoms with Gasteiger partial charge >= 0.3 is 0 Å². The summed E-state index contributed by atoms with van der Waals surface area (Å²) in [5.41, 5.74) is 1.29. The number of benzene rings is 1. The van der Waals surface area contributed by atoms with Gasteiger partial charge in [0, 0.05) is 0 Å². The summed E-state index contributed by atoms with van der Waals surface area (Å²) >= 11 is 0. The molecule has 15 heavy (non-hydrogen) atoms. The maximum atomic E-state index is 11.4. The van der Waals surface area contributed by atoms with Gasteiger partial charge in [-0.15, -0.1) is 0 Å². The van der Waals surface area contributed by atoms with Crippen LogP contribution in [0.2, 0.25) is 0 Å². The smallest absolute Gasteiger partial charge is 0.165 e. The van der Waals surface area contributed by atoms with Crippen molar-refractivity contribution in [1.82, 2.24) is 0 Å². The Labute approximate surface area is 87.3 Å². The zero-order chi connectivity index (χ0) is 10.8. The minimum absolute atomic E-state index is 0.0905. The van der Waals surface area contributed by atoms with Crippen LogP contribution in [0.4, 0.5) is 0 Å². The molecule has 0 saturated heterocycles. The molecule has 74 valence electrons. The second-order valence-electron chi connectivity index (χ2n) is 3.46. The van der Waals surface area contributed by atoms with Gasteiger partial charge < -0.3 is 5.11 Å². The van der Waals surface area contributed by atoms with Crippen LogP contribution in [0.15, 0.2) is 36.4 Å². The molecular weight excluding hydrogens is 190 g/mol. The van der Waals surface area contributed by atoms with E-state index in [1.54, 1.807) is 24.3 Å². The van der Waals surface area contributed by atoms with Gasteiger partial charge in [0.05, 0.1) is 23.7 Å². The average Bonchev–Trinajstić information content (AvgIpc) is 2.59. The molecule has 2 atom stereocenters. The SMILES string of the molecule is N#Cc1ccc([C@@H]2C(=O)C=C[C@H]2O)cc1. The molecule has 1 aromatic carbocycles. The number of hydrogen-bond acceptors (Lipinski definition) is 3. The highest BCUT2D eigenvalue weighted by Crippen LogP contribution is 2.27. The van der Waals surface area contributed by atoms with Crippen LogP contribution in [0.3, 0.4) is 0 Å². The third kappa shape index (κ3) is 1.67. The van der Waals surface area contributed by atoms with Crippen molar-refractivity contribution in [3.63, 3.8) is 0 Å². The Kier molecular flexibility index (Phi) is 2.36. The van der Waals surface area contributed by atoms with Gasteiger partial charge in [0.25, 0.3) is 0 Å². The van der Waals surface area contributed by atoms with Crippen LogP contribution in [0.1, 0.15) is 17.0 Å². The Morgan fingerprint density at radius 2 is 1.93 bits per heavy atom. The Morgan fingerprint density at radius 1 is 1.27 bits per heavy atom. The van der Waals surface area contributed by atoms with Gasteiger partial charge in [0.1, 0.15) is 0 Å². The molecule has 2 rings (SSSR count). The fourth-order valence-electron chi connectivity index (χ4n) is 1.70. The first-order valence-electron chi connectivity index (χ1n) is 4.62. The number of carbonyl (C=O) groups excluding carboxylic acids is 1. The van der Waals surface area contributed by atoms with E-state index in [1.165, 1.54) is 12.2 Å². The molecule has 3 heteroatoms. The van der Waals surface area contributed by atoms with Gasteiger partial charge in [-0.05, 0) is 23.8 Å². The van der Waals surface area contributed by atoms with E-state index in [-0.39, 0.29) is 5.78 Å². The van der Waals surface area contributed by atoms with Crippen molar-refractivity contribution < 1.29 is 9.90 Å². The number of hydrogen-bond donors (Lipinski definition) is 1. The molecular formula is C12H9NO2. The molecule has 1 aliphatic carbocycles. The fraction of sp³-hybridized carbons (Fsp3) is 0.167. The third-order valence-corrected chi connectivity index (χ3v) is 2.50. The van der Waals surface area contributed by atoms with Gasteiger partial charge in [-0.2, -0.15) is 5.26 Å². The van der Waals surface area contributed by atoms with E-state index in [1.807, 2.05) is 6.07 Å². The second-order valence-corrected chi connectivity index (χ2v) is 3.46. The molecule has 0 aromatic heterocycles. The number of allylic oxidation sites excluding steroid dienone is 1. The Morgan fingerprint density at radius 3 is 2.40 bits per heavy atom. The molecule has 0 unspecified atom stereocenters. The summed E-state index contributed by atoms with van der Waals surface area (Å²) in [6, 6.07) is 8.71. The lowest BCUT2D eigenvalue weighted by Crippen LogP contribution is -2.17. The number of rotatable bonds is 1. The summed E-state index contributed by atoms with van der Waals surface area (Å²) in [7, 11) is 0. The van der Waals surface area contributed by atoms with Gasteiger partial charge in [-0.1, -0.05) is 18.2 Å². The summed E-state index contributed by atoms with van der Waals surface area (Å²) in [6.45, 7) is 0. The maximum Gasteiger partial charge on any atom is 0.165 e. The van der Waals surface area contributed by atoms with E-state index in [4.69, 9.17) is 5.26 Å². The lowest BCUT2D eigenvalue weighted by atomic mass is 9.93. The summed E-state index contributed by atoms with van der Waals surface area (Å²) in [5, 5.41) is 18.2. The second kappa shape index (κ2) is 3.68. The van der Waals surface area contributed by atoms with E-state index in [0.29, 0.717) is 5.56 Å². The number of nitriles is 1. The van der Waals surface area contributed by atoms with Crippen molar-refractivity contribution >= 4 is 5.78 Å². The van der Waals surface area contributed by atoms with E-state index in [0.717, 1.165) is 5.56 Å². The number of aliphatic hydroxyl groups is 1. The molecule has 0 aliphatic heterocycles. The van der Waals surface area contributed by atoms with Crippen molar-refractivity contribution in [2.75, 3.05) is 0 Å². The minimum Gasteiger partial charge on any atom is -0.388 e. The fourth-order valence-corrected chi connectivity index (χ4v) is 1.70. The molecule has 0 heterocycles.